The van der Waals surface area contributed by atoms with Gasteiger partial charge in [-0.1, -0.05) is 19.1 Å². The standard InChI is InChI=1S/C22H22FN5O2S/c1-2-27-11-13-28(14-12-27)22-21(25-18-5-3-4-6-19(18)26-22)20(15-24)31(29,30)17-9-7-16(23)8-10-17/h3-10,20H,2,11-14H2,1H3/t20-/m0/s1. The second kappa shape index (κ2) is 8.57. The number of likely N-dealkylation sites (N-methyl/N-ethyl adjacent to an activating group) is 1. The van der Waals surface area contributed by atoms with Crippen LogP contribution in [0.2, 0.25) is 0 Å². The van der Waals surface area contributed by atoms with E-state index in [-0.39, 0.29) is 10.6 Å². The fourth-order valence-corrected chi connectivity index (χ4v) is 5.11. The molecule has 1 atom stereocenters. The highest BCUT2D eigenvalue weighted by atomic mass is 32.2. The van der Waals surface area contributed by atoms with Crippen LogP contribution in [-0.2, 0) is 9.84 Å². The van der Waals surface area contributed by atoms with Gasteiger partial charge in [-0.3, -0.25) is 0 Å². The number of anilines is 1. The van der Waals surface area contributed by atoms with Crippen LogP contribution in [0, 0.1) is 17.1 Å². The Hall–Kier alpha value is -3.09. The highest BCUT2D eigenvalue weighted by molar-refractivity contribution is 7.92. The zero-order valence-electron chi connectivity index (χ0n) is 17.1. The topological polar surface area (TPSA) is 90.2 Å². The van der Waals surface area contributed by atoms with Crippen molar-refractivity contribution < 1.29 is 12.8 Å². The van der Waals surface area contributed by atoms with Crippen molar-refractivity contribution in [3.63, 3.8) is 0 Å². The van der Waals surface area contributed by atoms with Crippen molar-refractivity contribution in [3.05, 3.63) is 60.0 Å². The number of nitriles is 1. The number of para-hydroxylation sites is 2. The Labute approximate surface area is 180 Å². The van der Waals surface area contributed by atoms with Gasteiger partial charge in [-0.15, -0.1) is 0 Å². The van der Waals surface area contributed by atoms with Crippen LogP contribution >= 0.6 is 0 Å². The van der Waals surface area contributed by atoms with Gasteiger partial charge in [0.1, 0.15) is 11.5 Å². The van der Waals surface area contributed by atoms with Crippen LogP contribution in [0.3, 0.4) is 0 Å². The second-order valence-electron chi connectivity index (χ2n) is 7.35. The van der Waals surface area contributed by atoms with Gasteiger partial charge < -0.3 is 9.80 Å². The van der Waals surface area contributed by atoms with Crippen LogP contribution in [0.25, 0.3) is 11.0 Å². The first-order valence-corrected chi connectivity index (χ1v) is 11.6. The molecule has 0 amide bonds. The van der Waals surface area contributed by atoms with Gasteiger partial charge in [0.15, 0.2) is 11.1 Å². The molecule has 9 heteroatoms. The molecule has 4 rings (SSSR count). The van der Waals surface area contributed by atoms with Crippen molar-refractivity contribution >= 4 is 26.7 Å². The van der Waals surface area contributed by atoms with Crippen LogP contribution in [0.1, 0.15) is 17.9 Å². The maximum absolute atomic E-state index is 13.3. The van der Waals surface area contributed by atoms with Gasteiger partial charge in [0.2, 0.25) is 9.84 Å². The van der Waals surface area contributed by atoms with Crippen LogP contribution in [0.15, 0.2) is 53.4 Å². The molecule has 0 radical (unpaired) electrons. The summed E-state index contributed by atoms with van der Waals surface area (Å²) >= 11 is 0. The number of piperazine rings is 1. The molecule has 1 aliphatic heterocycles. The lowest BCUT2D eigenvalue weighted by Gasteiger charge is -2.35. The molecule has 0 saturated carbocycles. The summed E-state index contributed by atoms with van der Waals surface area (Å²) < 4.78 is 39.9. The van der Waals surface area contributed by atoms with Gasteiger partial charge in [-0.05, 0) is 42.9 Å². The number of sulfone groups is 1. The third kappa shape index (κ3) is 4.09. The fourth-order valence-electron chi connectivity index (χ4n) is 3.73. The molecule has 160 valence electrons. The molecule has 31 heavy (non-hydrogen) atoms. The third-order valence-electron chi connectivity index (χ3n) is 5.52. The molecule has 1 fully saturated rings. The molecule has 0 bridgehead atoms. The van der Waals surface area contributed by atoms with Crippen LogP contribution in [0.5, 0.6) is 0 Å². The summed E-state index contributed by atoms with van der Waals surface area (Å²) in [7, 11) is -4.13. The zero-order chi connectivity index (χ0) is 22.0. The summed E-state index contributed by atoms with van der Waals surface area (Å²) in [6.07, 6.45) is 0. The highest BCUT2D eigenvalue weighted by Gasteiger charge is 2.35. The molecule has 0 spiro atoms. The number of nitrogens with zero attached hydrogens (tertiary/aromatic N) is 5. The summed E-state index contributed by atoms with van der Waals surface area (Å²) in [6, 6.07) is 13.6. The van der Waals surface area contributed by atoms with E-state index >= 15 is 0 Å². The van der Waals surface area contributed by atoms with Crippen LogP contribution < -0.4 is 4.90 Å². The Balaban J connectivity index is 1.84. The van der Waals surface area contributed by atoms with E-state index in [9.17, 15) is 18.1 Å². The minimum Gasteiger partial charge on any atom is -0.352 e. The number of aromatic nitrogens is 2. The number of hydrogen-bond donors (Lipinski definition) is 0. The first kappa shape index (κ1) is 21.2. The molecule has 7 nitrogen and oxygen atoms in total. The zero-order valence-corrected chi connectivity index (χ0v) is 17.9. The molecule has 0 aliphatic carbocycles. The minimum absolute atomic E-state index is 0.107. The summed E-state index contributed by atoms with van der Waals surface area (Å²) in [5.74, 6) is -0.140. The summed E-state index contributed by atoms with van der Waals surface area (Å²) in [5.41, 5.74) is 1.26. The van der Waals surface area contributed by atoms with E-state index in [1.807, 2.05) is 23.1 Å². The van der Waals surface area contributed by atoms with Gasteiger partial charge in [-0.2, -0.15) is 5.26 Å². The van der Waals surface area contributed by atoms with E-state index in [1.54, 1.807) is 12.1 Å². The fraction of sp³-hybridized carbons (Fsp3) is 0.318. The van der Waals surface area contributed by atoms with Crippen molar-refractivity contribution in [3.8, 4) is 6.07 Å². The molecule has 0 N–H and O–H groups in total. The van der Waals surface area contributed by atoms with E-state index in [0.717, 1.165) is 31.8 Å². The van der Waals surface area contributed by atoms with E-state index < -0.39 is 20.9 Å². The predicted octanol–water partition coefficient (Wildman–Crippen LogP) is 2.95. The van der Waals surface area contributed by atoms with Crippen molar-refractivity contribution in [1.82, 2.24) is 14.9 Å². The maximum Gasteiger partial charge on any atom is 0.200 e. The van der Waals surface area contributed by atoms with Crippen LogP contribution in [0.4, 0.5) is 10.2 Å². The van der Waals surface area contributed by atoms with Gasteiger partial charge >= 0.3 is 0 Å². The van der Waals surface area contributed by atoms with Crippen molar-refractivity contribution in [2.45, 2.75) is 17.1 Å². The molecule has 3 aromatic rings. The minimum atomic E-state index is -4.13. The maximum atomic E-state index is 13.3. The Bertz CT molecular complexity index is 1230. The number of benzene rings is 2. The molecule has 1 aliphatic rings. The second-order valence-corrected chi connectivity index (χ2v) is 9.38. The highest BCUT2D eigenvalue weighted by Crippen LogP contribution is 2.34. The molecular weight excluding hydrogens is 417 g/mol. The van der Waals surface area contributed by atoms with Crippen molar-refractivity contribution in [2.24, 2.45) is 0 Å². The molecular formula is C22H22FN5O2S. The first-order chi connectivity index (χ1) is 14.9. The van der Waals surface area contributed by atoms with Gasteiger partial charge in [0.25, 0.3) is 0 Å². The van der Waals surface area contributed by atoms with E-state index in [0.29, 0.717) is 29.9 Å². The quantitative estimate of drug-likeness (QED) is 0.565. The van der Waals surface area contributed by atoms with E-state index in [4.69, 9.17) is 4.98 Å². The van der Waals surface area contributed by atoms with Gasteiger partial charge in [0, 0.05) is 26.2 Å². The predicted molar refractivity (Wildman–Crippen MR) is 116 cm³/mol. The molecule has 1 saturated heterocycles. The largest absolute Gasteiger partial charge is 0.352 e. The van der Waals surface area contributed by atoms with Crippen molar-refractivity contribution in [2.75, 3.05) is 37.6 Å². The third-order valence-corrected chi connectivity index (χ3v) is 7.39. The monoisotopic (exact) mass is 439 g/mol. The number of hydrogen-bond acceptors (Lipinski definition) is 7. The molecule has 2 heterocycles. The Morgan fingerprint density at radius 3 is 2.23 bits per heavy atom. The lowest BCUT2D eigenvalue weighted by atomic mass is 10.2. The SMILES string of the molecule is CCN1CCN(c2nc3ccccc3nc2[C@H](C#N)S(=O)(=O)c2ccc(F)cc2)CC1. The van der Waals surface area contributed by atoms with Crippen LogP contribution in [-0.4, -0.2) is 56.0 Å². The Morgan fingerprint density at radius 2 is 1.65 bits per heavy atom. The first-order valence-electron chi connectivity index (χ1n) is 10.1. The number of fused-ring (bicyclic) bond motifs is 1. The molecule has 2 aromatic carbocycles. The number of halogens is 1. The number of rotatable bonds is 5. The van der Waals surface area contributed by atoms with Crippen molar-refractivity contribution in [1.29, 1.82) is 5.26 Å². The Morgan fingerprint density at radius 1 is 1.03 bits per heavy atom. The summed E-state index contributed by atoms with van der Waals surface area (Å²) in [4.78, 5) is 13.4. The smallest absolute Gasteiger partial charge is 0.200 e. The van der Waals surface area contributed by atoms with E-state index in [1.165, 1.54) is 12.1 Å². The van der Waals surface area contributed by atoms with E-state index in [2.05, 4.69) is 16.8 Å². The Kier molecular flexibility index (Phi) is 5.85. The molecule has 1 aromatic heterocycles. The lowest BCUT2D eigenvalue weighted by Crippen LogP contribution is -2.47. The van der Waals surface area contributed by atoms with Gasteiger partial charge in [0.05, 0.1) is 22.0 Å². The normalized spacial score (nSPS) is 16.2. The summed E-state index contributed by atoms with van der Waals surface area (Å²) in [5, 5.41) is 8.35. The lowest BCUT2D eigenvalue weighted by molar-refractivity contribution is 0.270. The average Bonchev–Trinajstić information content (AvgIpc) is 2.79. The molecule has 0 unspecified atom stereocenters. The summed E-state index contributed by atoms with van der Waals surface area (Å²) in [6.45, 7) is 5.96. The average molecular weight is 440 g/mol. The van der Waals surface area contributed by atoms with Gasteiger partial charge in [-0.25, -0.2) is 22.8 Å².